The first-order valence-electron chi connectivity index (χ1n) is 5.28. The van der Waals surface area contributed by atoms with Crippen LogP contribution in [0.1, 0.15) is 12.8 Å². The maximum absolute atomic E-state index is 11.6. The van der Waals surface area contributed by atoms with Crippen molar-refractivity contribution in [3.8, 4) is 0 Å². The second-order valence-corrected chi connectivity index (χ2v) is 6.16. The van der Waals surface area contributed by atoms with Crippen LogP contribution >= 0.6 is 0 Å². The number of nitrogens with zero attached hydrogens (tertiary/aromatic N) is 1. The smallest absolute Gasteiger partial charge is 0.215 e. The third-order valence-corrected chi connectivity index (χ3v) is 4.47. The summed E-state index contributed by atoms with van der Waals surface area (Å²) in [5.41, 5.74) is 5.26. The Bertz CT molecular complexity index is 273. The van der Waals surface area contributed by atoms with Gasteiger partial charge in [0.2, 0.25) is 10.0 Å². The molecule has 6 heteroatoms. The zero-order chi connectivity index (χ0) is 11.3. The Kier molecular flexibility index (Phi) is 4.98. The average Bonchev–Trinajstić information content (AvgIpc) is 2.19. The summed E-state index contributed by atoms with van der Waals surface area (Å²) in [6, 6.07) is 0. The van der Waals surface area contributed by atoms with Gasteiger partial charge in [0.1, 0.15) is 0 Å². The second-order valence-electron chi connectivity index (χ2n) is 3.97. The van der Waals surface area contributed by atoms with Gasteiger partial charge in [0.15, 0.2) is 0 Å². The lowest BCUT2D eigenvalue weighted by Crippen LogP contribution is -2.37. The van der Waals surface area contributed by atoms with Gasteiger partial charge in [-0.2, -0.15) is 0 Å². The summed E-state index contributed by atoms with van der Waals surface area (Å²) in [7, 11) is -1.55. The molecule has 1 rings (SSSR count). The van der Waals surface area contributed by atoms with E-state index in [1.54, 1.807) is 7.05 Å². The lowest BCUT2D eigenvalue weighted by atomic mass is 10.0. The van der Waals surface area contributed by atoms with Crippen LogP contribution < -0.4 is 5.73 Å². The fourth-order valence-electron chi connectivity index (χ4n) is 1.73. The SMILES string of the molecule is CN(CC1CCCOC1)S(=O)(=O)CCN. The van der Waals surface area contributed by atoms with Crippen LogP contribution in [0.25, 0.3) is 0 Å². The van der Waals surface area contributed by atoms with Gasteiger partial charge in [0.05, 0.1) is 12.4 Å². The van der Waals surface area contributed by atoms with E-state index >= 15 is 0 Å². The average molecular weight is 236 g/mol. The molecular formula is C9H20N2O3S. The van der Waals surface area contributed by atoms with E-state index < -0.39 is 10.0 Å². The Balaban J connectivity index is 2.43. The highest BCUT2D eigenvalue weighted by atomic mass is 32.2. The monoisotopic (exact) mass is 236 g/mol. The molecule has 90 valence electrons. The molecule has 5 nitrogen and oxygen atoms in total. The summed E-state index contributed by atoms with van der Waals surface area (Å²) in [4.78, 5) is 0. The first-order chi connectivity index (χ1) is 7.06. The molecule has 2 N–H and O–H groups in total. The maximum atomic E-state index is 11.6. The summed E-state index contributed by atoms with van der Waals surface area (Å²) < 4.78 is 29.9. The van der Waals surface area contributed by atoms with Crippen LogP contribution in [-0.4, -0.2) is 51.8 Å². The number of nitrogens with two attached hydrogens (primary N) is 1. The minimum Gasteiger partial charge on any atom is -0.381 e. The highest BCUT2D eigenvalue weighted by Gasteiger charge is 2.22. The van der Waals surface area contributed by atoms with Crippen molar-refractivity contribution in [2.45, 2.75) is 12.8 Å². The van der Waals surface area contributed by atoms with Crippen LogP contribution in [0.2, 0.25) is 0 Å². The molecule has 0 aromatic rings. The van der Waals surface area contributed by atoms with Crippen molar-refractivity contribution in [3.63, 3.8) is 0 Å². The fourth-order valence-corrected chi connectivity index (χ4v) is 2.78. The number of hydrogen-bond acceptors (Lipinski definition) is 4. The molecule has 0 aromatic heterocycles. The van der Waals surface area contributed by atoms with E-state index in [4.69, 9.17) is 10.5 Å². The molecule has 0 spiro atoms. The Morgan fingerprint density at radius 2 is 2.27 bits per heavy atom. The fraction of sp³-hybridized carbons (Fsp3) is 1.00. The van der Waals surface area contributed by atoms with Crippen molar-refractivity contribution >= 4 is 10.0 Å². The molecule has 0 aromatic carbocycles. The van der Waals surface area contributed by atoms with Gasteiger partial charge in [-0.1, -0.05) is 0 Å². The predicted molar refractivity (Wildman–Crippen MR) is 59.0 cm³/mol. The summed E-state index contributed by atoms with van der Waals surface area (Å²) in [6.45, 7) is 2.19. The molecule has 0 saturated carbocycles. The van der Waals surface area contributed by atoms with Crippen LogP contribution in [0.15, 0.2) is 0 Å². The van der Waals surface area contributed by atoms with Crippen molar-refractivity contribution in [1.29, 1.82) is 0 Å². The van der Waals surface area contributed by atoms with Gasteiger partial charge in [0.25, 0.3) is 0 Å². The third-order valence-electron chi connectivity index (χ3n) is 2.62. The standard InChI is InChI=1S/C9H20N2O3S/c1-11(15(12,13)6-4-10)7-9-3-2-5-14-8-9/h9H,2-8,10H2,1H3. The van der Waals surface area contributed by atoms with Gasteiger partial charge in [-0.3, -0.25) is 0 Å². The van der Waals surface area contributed by atoms with Gasteiger partial charge in [-0.05, 0) is 18.8 Å². The van der Waals surface area contributed by atoms with E-state index in [0.29, 0.717) is 19.1 Å². The molecule has 1 aliphatic heterocycles. The number of rotatable bonds is 5. The molecule has 0 radical (unpaired) electrons. The largest absolute Gasteiger partial charge is 0.381 e. The zero-order valence-corrected chi connectivity index (χ0v) is 10.0. The van der Waals surface area contributed by atoms with E-state index in [9.17, 15) is 8.42 Å². The number of hydrogen-bond donors (Lipinski definition) is 1. The minimum absolute atomic E-state index is 0.0249. The molecule has 15 heavy (non-hydrogen) atoms. The van der Waals surface area contributed by atoms with Crippen LogP contribution in [-0.2, 0) is 14.8 Å². The van der Waals surface area contributed by atoms with Crippen molar-refractivity contribution in [3.05, 3.63) is 0 Å². The summed E-state index contributed by atoms with van der Waals surface area (Å²) >= 11 is 0. The lowest BCUT2D eigenvalue weighted by Gasteiger charge is -2.26. The Morgan fingerprint density at radius 1 is 1.53 bits per heavy atom. The minimum atomic E-state index is -3.16. The van der Waals surface area contributed by atoms with E-state index in [0.717, 1.165) is 19.4 Å². The van der Waals surface area contributed by atoms with Crippen molar-refractivity contribution in [2.24, 2.45) is 11.7 Å². The van der Waals surface area contributed by atoms with Gasteiger partial charge >= 0.3 is 0 Å². The van der Waals surface area contributed by atoms with Crippen LogP contribution in [0.5, 0.6) is 0 Å². The van der Waals surface area contributed by atoms with E-state index in [1.165, 1.54) is 4.31 Å². The topological polar surface area (TPSA) is 72.6 Å². The van der Waals surface area contributed by atoms with E-state index in [1.807, 2.05) is 0 Å². The molecule has 1 fully saturated rings. The predicted octanol–water partition coefficient (Wildman–Crippen LogP) is -0.367. The molecule has 1 heterocycles. The first kappa shape index (κ1) is 12.9. The van der Waals surface area contributed by atoms with Crippen molar-refractivity contribution in [1.82, 2.24) is 4.31 Å². The van der Waals surface area contributed by atoms with Crippen LogP contribution in [0.4, 0.5) is 0 Å². The Labute approximate surface area is 91.6 Å². The maximum Gasteiger partial charge on any atom is 0.215 e. The van der Waals surface area contributed by atoms with Crippen molar-refractivity contribution < 1.29 is 13.2 Å². The molecule has 0 amide bonds. The van der Waals surface area contributed by atoms with Crippen molar-refractivity contribution in [2.75, 3.05) is 39.1 Å². The summed E-state index contributed by atoms with van der Waals surface area (Å²) in [6.07, 6.45) is 2.07. The highest BCUT2D eigenvalue weighted by Crippen LogP contribution is 2.15. The van der Waals surface area contributed by atoms with E-state index in [-0.39, 0.29) is 12.3 Å². The summed E-state index contributed by atoms with van der Waals surface area (Å²) in [5.74, 6) is 0.355. The van der Waals surface area contributed by atoms with Crippen LogP contribution in [0, 0.1) is 5.92 Å². The van der Waals surface area contributed by atoms with Gasteiger partial charge in [0, 0.05) is 26.7 Å². The molecule has 0 aliphatic carbocycles. The molecule has 1 unspecified atom stereocenters. The third kappa shape index (κ3) is 4.06. The number of ether oxygens (including phenoxy) is 1. The summed E-state index contributed by atoms with van der Waals surface area (Å²) in [5, 5.41) is 0. The molecular weight excluding hydrogens is 216 g/mol. The van der Waals surface area contributed by atoms with E-state index in [2.05, 4.69) is 0 Å². The zero-order valence-electron chi connectivity index (χ0n) is 9.18. The van der Waals surface area contributed by atoms with Gasteiger partial charge in [-0.25, -0.2) is 12.7 Å². The second kappa shape index (κ2) is 5.79. The number of sulfonamides is 1. The highest BCUT2D eigenvalue weighted by molar-refractivity contribution is 7.89. The molecule has 1 aliphatic rings. The molecule has 1 atom stereocenters. The van der Waals surface area contributed by atoms with Gasteiger partial charge < -0.3 is 10.5 Å². The van der Waals surface area contributed by atoms with Gasteiger partial charge in [-0.15, -0.1) is 0 Å². The quantitative estimate of drug-likeness (QED) is 0.707. The molecule has 1 saturated heterocycles. The lowest BCUT2D eigenvalue weighted by molar-refractivity contribution is 0.0495. The Hall–Kier alpha value is -0.170. The van der Waals surface area contributed by atoms with Crippen LogP contribution in [0.3, 0.4) is 0 Å². The Morgan fingerprint density at radius 3 is 2.80 bits per heavy atom. The molecule has 0 bridgehead atoms. The normalized spacial score (nSPS) is 23.3. The first-order valence-corrected chi connectivity index (χ1v) is 6.89.